The molecule has 2 rings (SSSR count). The minimum atomic E-state index is 0.100. The van der Waals surface area contributed by atoms with Crippen LogP contribution in [0.5, 0.6) is 5.75 Å². The van der Waals surface area contributed by atoms with Crippen LogP contribution in [0.1, 0.15) is 44.2 Å². The Morgan fingerprint density at radius 1 is 1.32 bits per heavy atom. The van der Waals surface area contributed by atoms with Gasteiger partial charge in [0.05, 0.1) is 7.11 Å². The summed E-state index contributed by atoms with van der Waals surface area (Å²) >= 11 is 0. The fraction of sp³-hybridized carbons (Fsp3) is 0.625. The predicted octanol–water partition coefficient (Wildman–Crippen LogP) is 2.96. The van der Waals surface area contributed by atoms with Crippen LogP contribution in [0.15, 0.2) is 24.3 Å². The lowest BCUT2D eigenvalue weighted by molar-refractivity contribution is 0.243. The highest BCUT2D eigenvalue weighted by Gasteiger charge is 2.29. The maximum absolute atomic E-state index is 6.34. The van der Waals surface area contributed by atoms with Gasteiger partial charge >= 0.3 is 0 Å². The molecule has 1 saturated carbocycles. The third kappa shape index (κ3) is 4.22. The molecule has 0 spiro atoms. The van der Waals surface area contributed by atoms with E-state index < -0.39 is 0 Å². The number of ether oxygens (including phenoxy) is 1. The second-order valence-corrected chi connectivity index (χ2v) is 5.46. The molecule has 0 saturated heterocycles. The first kappa shape index (κ1) is 14.4. The van der Waals surface area contributed by atoms with Gasteiger partial charge in [-0.2, -0.15) is 0 Å². The highest BCUT2D eigenvalue weighted by atomic mass is 16.5. The Morgan fingerprint density at radius 2 is 2.00 bits per heavy atom. The molecule has 0 heterocycles. The molecule has 3 nitrogen and oxygen atoms in total. The first-order valence-corrected chi connectivity index (χ1v) is 7.38. The van der Waals surface area contributed by atoms with E-state index in [2.05, 4.69) is 24.0 Å². The van der Waals surface area contributed by atoms with Crippen LogP contribution in [0.4, 0.5) is 0 Å². The monoisotopic (exact) mass is 262 g/mol. The molecule has 0 radical (unpaired) electrons. The number of rotatable bonds is 8. The van der Waals surface area contributed by atoms with Crippen LogP contribution >= 0.6 is 0 Å². The van der Waals surface area contributed by atoms with Gasteiger partial charge in [0.25, 0.3) is 0 Å². The van der Waals surface area contributed by atoms with E-state index in [-0.39, 0.29) is 6.04 Å². The van der Waals surface area contributed by atoms with Crippen molar-refractivity contribution in [2.45, 2.75) is 44.7 Å². The molecule has 106 valence electrons. The third-order valence-electron chi connectivity index (χ3n) is 3.84. The zero-order valence-electron chi connectivity index (χ0n) is 12.1. The lowest BCUT2D eigenvalue weighted by atomic mass is 10.1. The lowest BCUT2D eigenvalue weighted by Crippen LogP contribution is -2.34. The minimum Gasteiger partial charge on any atom is -0.497 e. The molecular weight excluding hydrogens is 236 g/mol. The van der Waals surface area contributed by atoms with Crippen molar-refractivity contribution in [3.05, 3.63) is 29.8 Å². The molecule has 1 atom stereocenters. The Kier molecular flexibility index (Phi) is 5.23. The van der Waals surface area contributed by atoms with Crippen LogP contribution in [0.2, 0.25) is 0 Å². The molecule has 0 aliphatic heterocycles. The maximum atomic E-state index is 6.34. The van der Waals surface area contributed by atoms with Gasteiger partial charge in [0.1, 0.15) is 5.75 Å². The van der Waals surface area contributed by atoms with E-state index in [0.29, 0.717) is 0 Å². The summed E-state index contributed by atoms with van der Waals surface area (Å²) in [7, 11) is 1.69. The van der Waals surface area contributed by atoms with Crippen LogP contribution in [0.25, 0.3) is 0 Å². The Bertz CT molecular complexity index is 373. The van der Waals surface area contributed by atoms with E-state index in [0.717, 1.165) is 18.3 Å². The standard InChI is InChI=1S/C16H26N2O/c1-3-4-11-18(14-7-8-14)12-16(17)13-5-9-15(19-2)10-6-13/h5-6,9-10,14,16H,3-4,7-8,11-12,17H2,1-2H3. The summed E-state index contributed by atoms with van der Waals surface area (Å²) in [5.74, 6) is 0.890. The van der Waals surface area contributed by atoms with E-state index in [1.807, 2.05) is 12.1 Å². The molecule has 1 unspecified atom stereocenters. The zero-order valence-corrected chi connectivity index (χ0v) is 12.1. The second kappa shape index (κ2) is 6.92. The van der Waals surface area contributed by atoms with Gasteiger partial charge in [-0.15, -0.1) is 0 Å². The molecule has 0 aromatic heterocycles. The Labute approximate surface area is 116 Å². The average Bonchev–Trinajstić information content (AvgIpc) is 3.28. The van der Waals surface area contributed by atoms with Gasteiger partial charge in [-0.3, -0.25) is 4.90 Å². The SMILES string of the molecule is CCCCN(CC(N)c1ccc(OC)cc1)C1CC1. The fourth-order valence-electron chi connectivity index (χ4n) is 2.43. The zero-order chi connectivity index (χ0) is 13.7. The highest BCUT2D eigenvalue weighted by Crippen LogP contribution is 2.28. The Hall–Kier alpha value is -1.06. The van der Waals surface area contributed by atoms with Crippen molar-refractivity contribution >= 4 is 0 Å². The molecule has 2 N–H and O–H groups in total. The summed E-state index contributed by atoms with van der Waals surface area (Å²) in [6.45, 7) is 4.40. The molecule has 19 heavy (non-hydrogen) atoms. The molecule has 0 amide bonds. The highest BCUT2D eigenvalue weighted by molar-refractivity contribution is 5.29. The number of nitrogens with zero attached hydrogens (tertiary/aromatic N) is 1. The summed E-state index contributed by atoms with van der Waals surface area (Å²) in [6.07, 6.45) is 5.21. The number of nitrogens with two attached hydrogens (primary N) is 1. The smallest absolute Gasteiger partial charge is 0.118 e. The van der Waals surface area contributed by atoms with Crippen LogP contribution in [-0.4, -0.2) is 31.1 Å². The van der Waals surface area contributed by atoms with E-state index in [1.165, 1.54) is 37.8 Å². The summed E-state index contributed by atoms with van der Waals surface area (Å²) in [5.41, 5.74) is 7.54. The number of unbranched alkanes of at least 4 members (excludes halogenated alkanes) is 1. The predicted molar refractivity (Wildman–Crippen MR) is 79.4 cm³/mol. The molecule has 3 heteroatoms. The largest absolute Gasteiger partial charge is 0.497 e. The van der Waals surface area contributed by atoms with Gasteiger partial charge in [0.15, 0.2) is 0 Å². The normalized spacial score (nSPS) is 16.6. The summed E-state index contributed by atoms with van der Waals surface area (Å²) in [5, 5.41) is 0. The minimum absolute atomic E-state index is 0.100. The first-order chi connectivity index (χ1) is 9.24. The maximum Gasteiger partial charge on any atom is 0.118 e. The summed E-state index contributed by atoms with van der Waals surface area (Å²) in [4.78, 5) is 2.57. The van der Waals surface area contributed by atoms with Crippen LogP contribution in [0, 0.1) is 0 Å². The molecule has 1 aromatic carbocycles. The number of benzene rings is 1. The van der Waals surface area contributed by atoms with Crippen molar-refractivity contribution < 1.29 is 4.74 Å². The van der Waals surface area contributed by atoms with Crippen molar-refractivity contribution in [1.29, 1.82) is 0 Å². The van der Waals surface area contributed by atoms with Gasteiger partial charge in [0.2, 0.25) is 0 Å². The quantitative estimate of drug-likeness (QED) is 0.783. The van der Waals surface area contributed by atoms with Crippen LogP contribution in [0.3, 0.4) is 0 Å². The van der Waals surface area contributed by atoms with Crippen molar-refractivity contribution in [1.82, 2.24) is 4.90 Å². The Morgan fingerprint density at radius 3 is 2.53 bits per heavy atom. The van der Waals surface area contributed by atoms with Crippen molar-refractivity contribution in [2.75, 3.05) is 20.2 Å². The van der Waals surface area contributed by atoms with Gasteiger partial charge in [-0.05, 0) is 43.5 Å². The van der Waals surface area contributed by atoms with Gasteiger partial charge < -0.3 is 10.5 Å². The second-order valence-electron chi connectivity index (χ2n) is 5.46. The average molecular weight is 262 g/mol. The topological polar surface area (TPSA) is 38.5 Å². The van der Waals surface area contributed by atoms with Crippen molar-refractivity contribution in [3.63, 3.8) is 0 Å². The molecule has 1 fully saturated rings. The van der Waals surface area contributed by atoms with Crippen LogP contribution in [-0.2, 0) is 0 Å². The molecule has 1 aliphatic carbocycles. The molecule has 0 bridgehead atoms. The lowest BCUT2D eigenvalue weighted by Gasteiger charge is -2.25. The van der Waals surface area contributed by atoms with Crippen molar-refractivity contribution in [3.8, 4) is 5.75 Å². The fourth-order valence-corrected chi connectivity index (χ4v) is 2.43. The van der Waals surface area contributed by atoms with E-state index in [4.69, 9.17) is 10.5 Å². The summed E-state index contributed by atoms with van der Waals surface area (Å²) in [6, 6.07) is 9.02. The van der Waals surface area contributed by atoms with Crippen LogP contribution < -0.4 is 10.5 Å². The molecule has 1 aromatic rings. The van der Waals surface area contributed by atoms with E-state index >= 15 is 0 Å². The first-order valence-electron chi connectivity index (χ1n) is 7.38. The van der Waals surface area contributed by atoms with Gasteiger partial charge in [-0.1, -0.05) is 25.5 Å². The Balaban J connectivity index is 1.91. The number of hydrogen-bond donors (Lipinski definition) is 1. The van der Waals surface area contributed by atoms with Gasteiger partial charge in [-0.25, -0.2) is 0 Å². The summed E-state index contributed by atoms with van der Waals surface area (Å²) < 4.78 is 5.18. The van der Waals surface area contributed by atoms with E-state index in [1.54, 1.807) is 7.11 Å². The molecular formula is C16H26N2O. The number of hydrogen-bond acceptors (Lipinski definition) is 3. The van der Waals surface area contributed by atoms with E-state index in [9.17, 15) is 0 Å². The number of methoxy groups -OCH3 is 1. The van der Waals surface area contributed by atoms with Gasteiger partial charge in [0, 0.05) is 18.6 Å². The van der Waals surface area contributed by atoms with Crippen molar-refractivity contribution in [2.24, 2.45) is 5.73 Å². The molecule has 1 aliphatic rings. The third-order valence-corrected chi connectivity index (χ3v) is 3.84.